The number of ether oxygens (including phenoxy) is 1. The van der Waals surface area contributed by atoms with Crippen molar-refractivity contribution in [3.63, 3.8) is 0 Å². The number of urea groups is 1. The minimum Gasteiger partial charge on any atom is -0.452 e. The lowest BCUT2D eigenvalue weighted by atomic mass is 10.2. The summed E-state index contributed by atoms with van der Waals surface area (Å²) < 4.78 is 42.2. The van der Waals surface area contributed by atoms with Gasteiger partial charge in [-0.1, -0.05) is 0 Å². The highest BCUT2D eigenvalue weighted by atomic mass is 19.4. The van der Waals surface area contributed by atoms with Gasteiger partial charge in [0, 0.05) is 6.54 Å². The number of alkyl halides is 3. The lowest BCUT2D eigenvalue weighted by Gasteiger charge is -2.11. The van der Waals surface area contributed by atoms with Crippen LogP contribution in [-0.2, 0) is 16.1 Å². The Labute approximate surface area is 161 Å². The van der Waals surface area contributed by atoms with E-state index in [1.54, 1.807) is 12.2 Å². The standard InChI is InChI=1S/C17H17F3N4O5/c1-3-24-12-5-4-10(6-11(12)22-9(2)14(24)26)15(27)29-7-13(25)23-16(28)21-8-17(18,19)20/h4-6H,3,7-8H2,1-2H3,(H2,21,23,25,28). The van der Waals surface area contributed by atoms with Gasteiger partial charge in [0.2, 0.25) is 0 Å². The molecule has 0 spiro atoms. The Morgan fingerprint density at radius 1 is 1.24 bits per heavy atom. The molecule has 2 rings (SSSR count). The van der Waals surface area contributed by atoms with E-state index in [-0.39, 0.29) is 16.8 Å². The molecule has 1 aromatic carbocycles. The number of nitrogens with zero attached hydrogens (tertiary/aromatic N) is 2. The van der Waals surface area contributed by atoms with Crippen molar-refractivity contribution in [2.45, 2.75) is 26.6 Å². The molecular formula is C17H17F3N4O5. The maximum atomic E-state index is 12.1. The minimum absolute atomic E-state index is 0.0417. The van der Waals surface area contributed by atoms with Gasteiger partial charge in [0.05, 0.1) is 16.6 Å². The maximum absolute atomic E-state index is 12.1. The Bertz CT molecular complexity index is 1020. The van der Waals surface area contributed by atoms with Crippen molar-refractivity contribution in [3.05, 3.63) is 39.8 Å². The molecule has 0 saturated carbocycles. The SMILES string of the molecule is CCn1c(=O)c(C)nc2cc(C(=O)OCC(=O)NC(=O)NCC(F)(F)F)ccc21. The molecule has 0 saturated heterocycles. The van der Waals surface area contributed by atoms with Crippen LogP contribution in [0.1, 0.15) is 23.0 Å². The number of imide groups is 1. The number of esters is 1. The van der Waals surface area contributed by atoms with Gasteiger partial charge in [0.15, 0.2) is 6.61 Å². The molecule has 1 heterocycles. The van der Waals surface area contributed by atoms with E-state index in [2.05, 4.69) is 4.98 Å². The molecule has 156 valence electrons. The topological polar surface area (TPSA) is 119 Å². The zero-order valence-corrected chi connectivity index (χ0v) is 15.4. The van der Waals surface area contributed by atoms with Gasteiger partial charge in [-0.3, -0.25) is 14.9 Å². The predicted molar refractivity (Wildman–Crippen MR) is 94.3 cm³/mol. The van der Waals surface area contributed by atoms with E-state index in [4.69, 9.17) is 4.74 Å². The van der Waals surface area contributed by atoms with Crippen molar-refractivity contribution >= 4 is 28.9 Å². The van der Waals surface area contributed by atoms with E-state index >= 15 is 0 Å². The number of fused-ring (bicyclic) bond motifs is 1. The average molecular weight is 414 g/mol. The van der Waals surface area contributed by atoms with Crippen LogP contribution in [0.5, 0.6) is 0 Å². The largest absolute Gasteiger partial charge is 0.452 e. The highest BCUT2D eigenvalue weighted by Crippen LogP contribution is 2.14. The van der Waals surface area contributed by atoms with E-state index < -0.39 is 37.2 Å². The van der Waals surface area contributed by atoms with Crippen LogP contribution >= 0.6 is 0 Å². The number of aromatic nitrogens is 2. The summed E-state index contributed by atoms with van der Waals surface area (Å²) in [5.41, 5.74) is 0.915. The van der Waals surface area contributed by atoms with Crippen molar-refractivity contribution in [1.29, 1.82) is 0 Å². The third-order valence-electron chi connectivity index (χ3n) is 3.70. The Hall–Kier alpha value is -3.44. The first-order chi connectivity index (χ1) is 13.5. The summed E-state index contributed by atoms with van der Waals surface area (Å²) in [6.07, 6.45) is -4.63. The second kappa shape index (κ2) is 8.71. The number of amides is 3. The van der Waals surface area contributed by atoms with Crippen molar-refractivity contribution in [3.8, 4) is 0 Å². The van der Waals surface area contributed by atoms with Gasteiger partial charge in [-0.2, -0.15) is 13.2 Å². The summed E-state index contributed by atoms with van der Waals surface area (Å²) in [4.78, 5) is 51.0. The van der Waals surface area contributed by atoms with Crippen molar-refractivity contribution in [2.75, 3.05) is 13.2 Å². The summed E-state index contributed by atoms with van der Waals surface area (Å²) >= 11 is 0. The monoisotopic (exact) mass is 414 g/mol. The molecule has 0 aliphatic carbocycles. The normalized spacial score (nSPS) is 11.2. The van der Waals surface area contributed by atoms with E-state index in [9.17, 15) is 32.3 Å². The highest BCUT2D eigenvalue weighted by Gasteiger charge is 2.28. The Balaban J connectivity index is 2.01. The number of carbonyl (C=O) groups excluding carboxylic acids is 3. The van der Waals surface area contributed by atoms with Gasteiger partial charge < -0.3 is 14.6 Å². The van der Waals surface area contributed by atoms with Gasteiger partial charge in [-0.05, 0) is 32.0 Å². The fourth-order valence-corrected chi connectivity index (χ4v) is 2.42. The van der Waals surface area contributed by atoms with E-state index in [0.717, 1.165) is 0 Å². The Morgan fingerprint density at radius 3 is 2.55 bits per heavy atom. The van der Waals surface area contributed by atoms with E-state index in [0.29, 0.717) is 17.6 Å². The van der Waals surface area contributed by atoms with Crippen LogP contribution in [0, 0.1) is 6.92 Å². The zero-order chi connectivity index (χ0) is 21.8. The molecule has 12 heteroatoms. The summed E-state index contributed by atoms with van der Waals surface area (Å²) in [5.74, 6) is -2.01. The molecule has 0 atom stereocenters. The molecular weight excluding hydrogens is 397 g/mol. The molecule has 0 unspecified atom stereocenters. The van der Waals surface area contributed by atoms with Crippen molar-refractivity contribution in [1.82, 2.24) is 20.2 Å². The third kappa shape index (κ3) is 5.77. The van der Waals surface area contributed by atoms with Gasteiger partial charge in [-0.25, -0.2) is 14.6 Å². The fraction of sp³-hybridized carbons (Fsp3) is 0.353. The van der Waals surface area contributed by atoms with Crippen LogP contribution in [0.25, 0.3) is 11.0 Å². The molecule has 0 radical (unpaired) electrons. The lowest BCUT2D eigenvalue weighted by Crippen LogP contribution is -2.44. The molecule has 2 aromatic rings. The molecule has 9 nitrogen and oxygen atoms in total. The first-order valence-electron chi connectivity index (χ1n) is 8.34. The van der Waals surface area contributed by atoms with Gasteiger partial charge >= 0.3 is 18.2 Å². The molecule has 3 amide bonds. The van der Waals surface area contributed by atoms with Gasteiger partial charge in [0.1, 0.15) is 12.2 Å². The van der Waals surface area contributed by atoms with Crippen LogP contribution in [0.3, 0.4) is 0 Å². The number of carbonyl (C=O) groups is 3. The van der Waals surface area contributed by atoms with E-state index in [1.807, 2.05) is 0 Å². The number of halogens is 3. The van der Waals surface area contributed by atoms with Crippen molar-refractivity contribution < 1.29 is 32.3 Å². The van der Waals surface area contributed by atoms with Crippen LogP contribution in [0.15, 0.2) is 23.0 Å². The number of nitrogens with one attached hydrogen (secondary N) is 2. The molecule has 0 fully saturated rings. The Morgan fingerprint density at radius 2 is 1.93 bits per heavy atom. The summed E-state index contributed by atoms with van der Waals surface area (Å²) in [5, 5.41) is 3.04. The van der Waals surface area contributed by atoms with Crippen molar-refractivity contribution in [2.24, 2.45) is 0 Å². The first-order valence-corrected chi connectivity index (χ1v) is 8.34. The summed E-state index contributed by atoms with van der Waals surface area (Å²) in [6.45, 7) is 1.23. The predicted octanol–water partition coefficient (Wildman–Crippen LogP) is 1.27. The number of aryl methyl sites for hydroxylation is 2. The van der Waals surface area contributed by atoms with Gasteiger partial charge in [0.25, 0.3) is 11.5 Å². The quantitative estimate of drug-likeness (QED) is 0.712. The zero-order valence-electron chi connectivity index (χ0n) is 15.4. The molecule has 2 N–H and O–H groups in total. The Kier molecular flexibility index (Phi) is 6.56. The maximum Gasteiger partial charge on any atom is 0.405 e. The number of benzene rings is 1. The number of hydrogen-bond donors (Lipinski definition) is 2. The third-order valence-corrected chi connectivity index (χ3v) is 3.70. The first kappa shape index (κ1) is 21.9. The smallest absolute Gasteiger partial charge is 0.405 e. The molecule has 1 aromatic heterocycles. The van der Waals surface area contributed by atoms with Crippen LogP contribution < -0.4 is 16.2 Å². The molecule has 0 aliphatic rings. The number of rotatable bonds is 5. The van der Waals surface area contributed by atoms with Crippen LogP contribution in [0.2, 0.25) is 0 Å². The van der Waals surface area contributed by atoms with E-state index in [1.165, 1.54) is 35.0 Å². The fourth-order valence-electron chi connectivity index (χ4n) is 2.42. The molecule has 0 bridgehead atoms. The lowest BCUT2D eigenvalue weighted by molar-refractivity contribution is -0.125. The van der Waals surface area contributed by atoms with Crippen LogP contribution in [-0.4, -0.2) is 46.8 Å². The summed E-state index contributed by atoms with van der Waals surface area (Å²) in [6, 6.07) is 2.89. The molecule has 29 heavy (non-hydrogen) atoms. The number of hydrogen-bond acceptors (Lipinski definition) is 6. The molecule has 0 aliphatic heterocycles. The highest BCUT2D eigenvalue weighted by molar-refractivity contribution is 5.98. The second-order valence-corrected chi connectivity index (χ2v) is 5.87. The summed E-state index contributed by atoms with van der Waals surface area (Å²) in [7, 11) is 0. The van der Waals surface area contributed by atoms with Crippen LogP contribution in [0.4, 0.5) is 18.0 Å². The average Bonchev–Trinajstić information content (AvgIpc) is 2.64. The minimum atomic E-state index is -4.63. The second-order valence-electron chi connectivity index (χ2n) is 5.87. The van der Waals surface area contributed by atoms with Gasteiger partial charge in [-0.15, -0.1) is 0 Å².